The molecular weight excluding hydrogens is 392 g/mol. The second-order valence-electron chi connectivity index (χ2n) is 6.47. The minimum atomic E-state index is -1.19. The summed E-state index contributed by atoms with van der Waals surface area (Å²) in [4.78, 5) is 47.3. The second kappa shape index (κ2) is 10.7. The molecule has 0 radical (unpaired) electrons. The van der Waals surface area contributed by atoms with Crippen molar-refractivity contribution in [3.05, 3.63) is 75.8 Å². The lowest BCUT2D eigenvalue weighted by Gasteiger charge is -2.26. The molecule has 0 aliphatic rings. The number of nitro benzene ring substituents is 1. The Balaban J connectivity index is 2.32. The van der Waals surface area contributed by atoms with E-state index in [1.165, 1.54) is 38.5 Å². The smallest absolute Gasteiger partial charge is 0.329 e. The Kier molecular flexibility index (Phi) is 8.04. The quantitative estimate of drug-likeness (QED) is 0.379. The maximum absolute atomic E-state index is 12.6. The molecule has 2 atom stereocenters. The van der Waals surface area contributed by atoms with Crippen LogP contribution in [0.2, 0.25) is 0 Å². The van der Waals surface area contributed by atoms with E-state index < -0.39 is 34.7 Å². The first-order valence-corrected chi connectivity index (χ1v) is 9.08. The average Bonchev–Trinajstić information content (AvgIpc) is 2.76. The number of hydrogen-bond donors (Lipinski definition) is 1. The largest absolute Gasteiger partial charge is 0.469 e. The number of nitrogens with one attached hydrogen (secondary N) is 1. The number of methoxy groups -OCH3 is 2. The maximum atomic E-state index is 12.6. The first kappa shape index (κ1) is 22.5. The van der Waals surface area contributed by atoms with E-state index in [0.717, 1.165) is 5.56 Å². The van der Waals surface area contributed by atoms with Gasteiger partial charge in [-0.2, -0.15) is 0 Å². The van der Waals surface area contributed by atoms with Crippen LogP contribution in [0.1, 0.15) is 23.5 Å². The van der Waals surface area contributed by atoms with E-state index >= 15 is 0 Å². The van der Waals surface area contributed by atoms with Crippen LogP contribution in [0.25, 0.3) is 0 Å². The zero-order chi connectivity index (χ0) is 22.1. The summed E-state index contributed by atoms with van der Waals surface area (Å²) in [6.45, 7) is 0. The van der Waals surface area contributed by atoms with Gasteiger partial charge in [0.1, 0.15) is 6.04 Å². The van der Waals surface area contributed by atoms with Crippen molar-refractivity contribution in [2.24, 2.45) is 0 Å². The number of benzene rings is 2. The molecule has 158 valence electrons. The fraction of sp³-hybridized carbons (Fsp3) is 0.286. The molecule has 0 heterocycles. The molecule has 0 saturated heterocycles. The van der Waals surface area contributed by atoms with Crippen molar-refractivity contribution >= 4 is 23.5 Å². The number of non-ortho nitro benzene ring substituents is 1. The van der Waals surface area contributed by atoms with Crippen molar-refractivity contribution in [2.75, 3.05) is 14.2 Å². The van der Waals surface area contributed by atoms with E-state index in [0.29, 0.717) is 5.56 Å². The van der Waals surface area contributed by atoms with Crippen LogP contribution < -0.4 is 5.32 Å². The Labute approximate surface area is 173 Å². The van der Waals surface area contributed by atoms with Gasteiger partial charge in [-0.1, -0.05) is 42.5 Å². The summed E-state index contributed by atoms with van der Waals surface area (Å²) in [6.07, 6.45) is -0.209. The van der Waals surface area contributed by atoms with Crippen LogP contribution in [0.4, 0.5) is 5.69 Å². The van der Waals surface area contributed by atoms with Gasteiger partial charge in [-0.15, -0.1) is 0 Å². The Morgan fingerprint density at radius 2 is 1.63 bits per heavy atom. The third-order valence-electron chi connectivity index (χ3n) is 4.53. The molecule has 9 heteroatoms. The SMILES string of the molecule is COC(=O)C[C@H](c1ccc([N+](=O)[O-])cc1)[C@@H](NC(=O)Cc1ccccc1)C(=O)OC. The molecule has 0 spiro atoms. The number of hydrogen-bond acceptors (Lipinski definition) is 7. The van der Waals surface area contributed by atoms with E-state index in [2.05, 4.69) is 5.32 Å². The minimum Gasteiger partial charge on any atom is -0.469 e. The summed E-state index contributed by atoms with van der Waals surface area (Å²) < 4.78 is 9.55. The van der Waals surface area contributed by atoms with Crippen molar-refractivity contribution < 1.29 is 28.8 Å². The van der Waals surface area contributed by atoms with Gasteiger partial charge >= 0.3 is 11.9 Å². The maximum Gasteiger partial charge on any atom is 0.329 e. The van der Waals surface area contributed by atoms with Crippen LogP contribution in [0.15, 0.2) is 54.6 Å². The standard InChI is InChI=1S/C21H22N2O7/c1-29-19(25)13-17(15-8-10-16(11-9-15)23(27)28)20(21(26)30-2)22-18(24)12-14-6-4-3-5-7-14/h3-11,17,20H,12-13H2,1-2H3,(H,22,24)/t17-,20-/m1/s1. The van der Waals surface area contributed by atoms with Crippen LogP contribution in [0, 0.1) is 10.1 Å². The number of amides is 1. The number of rotatable bonds is 9. The second-order valence-corrected chi connectivity index (χ2v) is 6.47. The number of carbonyl (C=O) groups is 3. The van der Waals surface area contributed by atoms with Crippen molar-refractivity contribution in [3.8, 4) is 0 Å². The lowest BCUT2D eigenvalue weighted by molar-refractivity contribution is -0.384. The van der Waals surface area contributed by atoms with E-state index in [-0.39, 0.29) is 18.5 Å². The van der Waals surface area contributed by atoms with Crippen LogP contribution in [0.5, 0.6) is 0 Å². The monoisotopic (exact) mass is 414 g/mol. The predicted octanol–water partition coefficient (Wildman–Crippen LogP) is 2.14. The summed E-state index contributed by atoms with van der Waals surface area (Å²) in [7, 11) is 2.38. The number of nitro groups is 1. The highest BCUT2D eigenvalue weighted by atomic mass is 16.6. The van der Waals surface area contributed by atoms with Gasteiger partial charge in [0.15, 0.2) is 0 Å². The van der Waals surface area contributed by atoms with E-state index in [9.17, 15) is 24.5 Å². The molecule has 0 unspecified atom stereocenters. The van der Waals surface area contributed by atoms with Crippen LogP contribution in [-0.4, -0.2) is 43.0 Å². The Morgan fingerprint density at radius 3 is 2.17 bits per heavy atom. The Hall–Kier alpha value is -3.75. The molecule has 1 amide bonds. The summed E-state index contributed by atoms with van der Waals surface area (Å²) >= 11 is 0. The van der Waals surface area contributed by atoms with E-state index in [1.54, 1.807) is 24.3 Å². The predicted molar refractivity (Wildman–Crippen MR) is 107 cm³/mol. The number of carbonyl (C=O) groups excluding carboxylic acids is 3. The summed E-state index contributed by atoms with van der Waals surface area (Å²) in [5, 5.41) is 13.5. The zero-order valence-electron chi connectivity index (χ0n) is 16.6. The van der Waals surface area contributed by atoms with Crippen LogP contribution in [-0.2, 0) is 30.3 Å². The van der Waals surface area contributed by atoms with Crippen molar-refractivity contribution in [2.45, 2.75) is 24.8 Å². The summed E-state index contributed by atoms with van der Waals surface area (Å²) in [6, 6.07) is 13.2. The number of nitrogens with zero attached hydrogens (tertiary/aromatic N) is 1. The topological polar surface area (TPSA) is 125 Å². The number of esters is 2. The van der Waals surface area contributed by atoms with Gasteiger partial charge in [-0.3, -0.25) is 19.7 Å². The molecule has 0 saturated carbocycles. The molecule has 0 aliphatic carbocycles. The molecule has 0 bridgehead atoms. The zero-order valence-corrected chi connectivity index (χ0v) is 16.6. The lowest BCUT2D eigenvalue weighted by Crippen LogP contribution is -2.46. The van der Waals surface area contributed by atoms with Gasteiger partial charge in [0.25, 0.3) is 5.69 Å². The van der Waals surface area contributed by atoms with Gasteiger partial charge in [-0.25, -0.2) is 4.79 Å². The van der Waals surface area contributed by atoms with Crippen LogP contribution >= 0.6 is 0 Å². The Morgan fingerprint density at radius 1 is 1.00 bits per heavy atom. The van der Waals surface area contributed by atoms with Gasteiger partial charge in [-0.05, 0) is 11.1 Å². The molecule has 2 rings (SSSR count). The van der Waals surface area contributed by atoms with Crippen LogP contribution in [0.3, 0.4) is 0 Å². The molecule has 30 heavy (non-hydrogen) atoms. The molecule has 1 N–H and O–H groups in total. The fourth-order valence-electron chi connectivity index (χ4n) is 2.99. The fourth-order valence-corrected chi connectivity index (χ4v) is 2.99. The Bertz CT molecular complexity index is 897. The molecule has 0 aromatic heterocycles. The normalized spacial score (nSPS) is 12.3. The van der Waals surface area contributed by atoms with E-state index in [4.69, 9.17) is 9.47 Å². The van der Waals surface area contributed by atoms with Gasteiger partial charge < -0.3 is 14.8 Å². The third-order valence-corrected chi connectivity index (χ3v) is 4.53. The molecular formula is C21H22N2O7. The van der Waals surface area contributed by atoms with Crippen molar-refractivity contribution in [3.63, 3.8) is 0 Å². The molecule has 0 aliphatic heterocycles. The molecule has 2 aromatic rings. The third kappa shape index (κ3) is 6.13. The first-order chi connectivity index (χ1) is 14.3. The van der Waals surface area contributed by atoms with Crippen molar-refractivity contribution in [1.82, 2.24) is 5.32 Å². The van der Waals surface area contributed by atoms with Gasteiger partial charge in [0, 0.05) is 18.1 Å². The summed E-state index contributed by atoms with van der Waals surface area (Å²) in [5.41, 5.74) is 1.05. The minimum absolute atomic E-state index is 0.0273. The van der Waals surface area contributed by atoms with Gasteiger partial charge in [0.2, 0.25) is 5.91 Å². The molecule has 2 aromatic carbocycles. The molecule has 0 fully saturated rings. The van der Waals surface area contributed by atoms with Crippen molar-refractivity contribution in [1.29, 1.82) is 0 Å². The average molecular weight is 414 g/mol. The highest BCUT2D eigenvalue weighted by molar-refractivity contribution is 5.87. The summed E-state index contributed by atoms with van der Waals surface area (Å²) in [5.74, 6) is -2.63. The highest BCUT2D eigenvalue weighted by Gasteiger charge is 2.34. The highest BCUT2D eigenvalue weighted by Crippen LogP contribution is 2.27. The first-order valence-electron chi connectivity index (χ1n) is 9.08. The van der Waals surface area contributed by atoms with E-state index in [1.807, 2.05) is 6.07 Å². The number of ether oxygens (including phenoxy) is 2. The lowest BCUT2D eigenvalue weighted by atomic mass is 9.88. The molecule has 9 nitrogen and oxygen atoms in total. The van der Waals surface area contributed by atoms with Gasteiger partial charge in [0.05, 0.1) is 32.0 Å².